The minimum atomic E-state index is -0.757. The second kappa shape index (κ2) is 10.7. The van der Waals surface area contributed by atoms with Crippen LogP contribution in [0.1, 0.15) is 43.9 Å². The Morgan fingerprint density at radius 3 is 2.49 bits per heavy atom. The van der Waals surface area contributed by atoms with E-state index in [-0.39, 0.29) is 34.6 Å². The molecule has 35 heavy (non-hydrogen) atoms. The third-order valence-corrected chi connectivity index (χ3v) is 7.06. The van der Waals surface area contributed by atoms with E-state index in [0.717, 1.165) is 37.2 Å². The molecular formula is C27H31ClN2O5. The van der Waals surface area contributed by atoms with Crippen molar-refractivity contribution in [3.63, 3.8) is 0 Å². The molecule has 1 amide bonds. The van der Waals surface area contributed by atoms with E-state index in [9.17, 15) is 14.7 Å². The van der Waals surface area contributed by atoms with E-state index in [2.05, 4.69) is 18.7 Å². The lowest BCUT2D eigenvalue weighted by atomic mass is 9.94. The zero-order chi connectivity index (χ0) is 25.1. The molecule has 4 rings (SSSR count). The number of rotatable bonds is 8. The molecule has 0 saturated carbocycles. The summed E-state index contributed by atoms with van der Waals surface area (Å²) in [5, 5.41) is 11.6. The molecule has 0 aromatic heterocycles. The predicted molar refractivity (Wildman–Crippen MR) is 136 cm³/mol. The van der Waals surface area contributed by atoms with E-state index in [4.69, 9.17) is 21.1 Å². The number of anilines is 1. The lowest BCUT2D eigenvalue weighted by Gasteiger charge is -2.28. The monoisotopic (exact) mass is 498 g/mol. The molecule has 7 nitrogen and oxygen atoms in total. The van der Waals surface area contributed by atoms with Gasteiger partial charge in [-0.05, 0) is 62.6 Å². The number of ketones is 1. The summed E-state index contributed by atoms with van der Waals surface area (Å²) in [7, 11) is 1.51. The zero-order valence-electron chi connectivity index (χ0n) is 20.3. The summed E-state index contributed by atoms with van der Waals surface area (Å²) in [6.07, 6.45) is 1.58. The molecule has 1 N–H and O–H groups in total. The highest BCUT2D eigenvalue weighted by atomic mass is 35.5. The highest BCUT2D eigenvalue weighted by molar-refractivity contribution is 6.47. The smallest absolute Gasteiger partial charge is 0.295 e. The van der Waals surface area contributed by atoms with Crippen molar-refractivity contribution < 1.29 is 24.2 Å². The molecule has 0 bridgehead atoms. The SMILES string of the molecule is CCN(CC)c1ccc(C2/C(=C(\O)c3cc(OC)ccc3Cl)C(=O)C(=O)N2CC2CCCO2)cc1. The Labute approximate surface area is 210 Å². The molecule has 2 atom stereocenters. The van der Waals surface area contributed by atoms with Crippen LogP contribution in [0.5, 0.6) is 5.75 Å². The Bertz CT molecular complexity index is 1120. The van der Waals surface area contributed by atoms with Crippen LogP contribution < -0.4 is 9.64 Å². The fraction of sp³-hybridized carbons (Fsp3) is 0.407. The van der Waals surface area contributed by atoms with Gasteiger partial charge in [0.2, 0.25) is 0 Å². The number of likely N-dealkylation sites (tertiary alicyclic amines) is 1. The van der Waals surface area contributed by atoms with Gasteiger partial charge in [0.05, 0.1) is 29.9 Å². The van der Waals surface area contributed by atoms with Crippen molar-refractivity contribution in [2.75, 3.05) is 38.3 Å². The number of carbonyl (C=O) groups is 2. The molecule has 2 aliphatic heterocycles. The molecule has 2 aromatic carbocycles. The zero-order valence-corrected chi connectivity index (χ0v) is 21.0. The van der Waals surface area contributed by atoms with E-state index in [0.29, 0.717) is 12.4 Å². The van der Waals surface area contributed by atoms with Crippen molar-refractivity contribution in [2.24, 2.45) is 0 Å². The van der Waals surface area contributed by atoms with Gasteiger partial charge in [0.1, 0.15) is 11.5 Å². The number of hydrogen-bond acceptors (Lipinski definition) is 6. The topological polar surface area (TPSA) is 79.3 Å². The van der Waals surface area contributed by atoms with Crippen LogP contribution in [0.3, 0.4) is 0 Å². The van der Waals surface area contributed by atoms with Crippen molar-refractivity contribution in [1.29, 1.82) is 0 Å². The van der Waals surface area contributed by atoms with Gasteiger partial charge >= 0.3 is 0 Å². The number of hydrogen-bond donors (Lipinski definition) is 1. The Hall–Kier alpha value is -3.03. The molecule has 2 unspecified atom stereocenters. The first-order valence-corrected chi connectivity index (χ1v) is 12.4. The molecule has 186 valence electrons. The van der Waals surface area contributed by atoms with Gasteiger partial charge in [-0.15, -0.1) is 0 Å². The number of ether oxygens (including phenoxy) is 2. The summed E-state index contributed by atoms with van der Waals surface area (Å²) in [6.45, 7) is 6.81. The highest BCUT2D eigenvalue weighted by Crippen LogP contribution is 2.42. The van der Waals surface area contributed by atoms with E-state index in [1.165, 1.54) is 12.0 Å². The number of benzene rings is 2. The maximum Gasteiger partial charge on any atom is 0.295 e. The average Bonchev–Trinajstić information content (AvgIpc) is 3.47. The molecular weight excluding hydrogens is 468 g/mol. The maximum atomic E-state index is 13.3. The molecule has 0 radical (unpaired) electrons. The quantitative estimate of drug-likeness (QED) is 0.320. The first-order valence-electron chi connectivity index (χ1n) is 12.0. The van der Waals surface area contributed by atoms with Crippen LogP contribution in [-0.2, 0) is 14.3 Å². The fourth-order valence-electron chi connectivity index (χ4n) is 4.84. The number of aliphatic hydroxyl groups is 1. The maximum absolute atomic E-state index is 13.3. The Balaban J connectivity index is 1.83. The summed E-state index contributed by atoms with van der Waals surface area (Å²) in [4.78, 5) is 30.2. The van der Waals surface area contributed by atoms with Crippen molar-refractivity contribution in [1.82, 2.24) is 4.90 Å². The minimum Gasteiger partial charge on any atom is -0.507 e. The van der Waals surface area contributed by atoms with Crippen molar-refractivity contribution in [2.45, 2.75) is 38.8 Å². The van der Waals surface area contributed by atoms with E-state index in [1.54, 1.807) is 18.2 Å². The molecule has 0 spiro atoms. The summed E-state index contributed by atoms with van der Waals surface area (Å²) >= 11 is 6.38. The van der Waals surface area contributed by atoms with Gasteiger partial charge in [0, 0.05) is 37.5 Å². The van der Waals surface area contributed by atoms with Crippen LogP contribution >= 0.6 is 11.6 Å². The Morgan fingerprint density at radius 1 is 1.17 bits per heavy atom. The number of nitrogens with zero attached hydrogens (tertiary/aromatic N) is 2. The fourth-order valence-corrected chi connectivity index (χ4v) is 5.04. The minimum absolute atomic E-state index is 0.0127. The van der Waals surface area contributed by atoms with Gasteiger partial charge in [-0.1, -0.05) is 23.7 Å². The van der Waals surface area contributed by atoms with Gasteiger partial charge in [-0.2, -0.15) is 0 Å². The Kier molecular flexibility index (Phi) is 7.67. The second-order valence-electron chi connectivity index (χ2n) is 8.70. The molecule has 2 fully saturated rings. The van der Waals surface area contributed by atoms with Crippen molar-refractivity contribution in [3.05, 3.63) is 64.2 Å². The molecule has 8 heteroatoms. The predicted octanol–water partition coefficient (Wildman–Crippen LogP) is 4.80. The van der Waals surface area contributed by atoms with E-state index in [1.807, 2.05) is 24.3 Å². The molecule has 2 aliphatic rings. The molecule has 0 aliphatic carbocycles. The van der Waals surface area contributed by atoms with Crippen LogP contribution in [0.4, 0.5) is 5.69 Å². The lowest BCUT2D eigenvalue weighted by molar-refractivity contribution is -0.140. The van der Waals surface area contributed by atoms with Crippen LogP contribution in [0.25, 0.3) is 5.76 Å². The van der Waals surface area contributed by atoms with Crippen LogP contribution in [-0.4, -0.2) is 61.2 Å². The van der Waals surface area contributed by atoms with Gasteiger partial charge in [0.25, 0.3) is 11.7 Å². The summed E-state index contributed by atoms with van der Waals surface area (Å²) in [6, 6.07) is 11.8. The standard InChI is InChI=1S/C27H31ClN2O5/c1-4-29(5-2)18-10-8-17(9-11-18)24-23(25(31)21-15-19(34-3)12-13-22(21)28)26(32)27(33)30(24)16-20-7-6-14-35-20/h8-13,15,20,24,31H,4-7,14,16H2,1-3H3/b25-23+. The van der Waals surface area contributed by atoms with E-state index < -0.39 is 17.7 Å². The largest absolute Gasteiger partial charge is 0.507 e. The number of halogens is 1. The van der Waals surface area contributed by atoms with Gasteiger partial charge in [-0.25, -0.2) is 0 Å². The lowest BCUT2D eigenvalue weighted by Crippen LogP contribution is -2.36. The molecule has 2 saturated heterocycles. The number of Topliss-reactive ketones (excluding diaryl/α,β-unsaturated/α-hetero) is 1. The van der Waals surface area contributed by atoms with Crippen LogP contribution in [0, 0.1) is 0 Å². The van der Waals surface area contributed by atoms with Gasteiger partial charge < -0.3 is 24.4 Å². The third kappa shape index (κ3) is 4.88. The Morgan fingerprint density at radius 2 is 1.89 bits per heavy atom. The van der Waals surface area contributed by atoms with Crippen molar-refractivity contribution in [3.8, 4) is 5.75 Å². The summed E-state index contributed by atoms with van der Waals surface area (Å²) in [5.41, 5.74) is 2.04. The summed E-state index contributed by atoms with van der Waals surface area (Å²) < 4.78 is 11.0. The second-order valence-corrected chi connectivity index (χ2v) is 9.10. The number of amides is 1. The first-order chi connectivity index (χ1) is 16.9. The normalized spacial score (nSPS) is 21.5. The highest BCUT2D eigenvalue weighted by Gasteiger charge is 2.47. The van der Waals surface area contributed by atoms with E-state index >= 15 is 0 Å². The number of carbonyl (C=O) groups excluding carboxylic acids is 2. The molecule has 2 aromatic rings. The average molecular weight is 499 g/mol. The van der Waals surface area contributed by atoms with Crippen molar-refractivity contribution >= 4 is 34.7 Å². The van der Waals surface area contributed by atoms with Crippen LogP contribution in [0.15, 0.2) is 48.0 Å². The number of methoxy groups -OCH3 is 1. The number of aliphatic hydroxyl groups excluding tert-OH is 1. The summed E-state index contributed by atoms with van der Waals surface area (Å²) in [5.74, 6) is -1.24. The van der Waals surface area contributed by atoms with Crippen LogP contribution in [0.2, 0.25) is 5.02 Å². The molecule has 2 heterocycles. The third-order valence-electron chi connectivity index (χ3n) is 6.73. The van der Waals surface area contributed by atoms with Gasteiger partial charge in [0.15, 0.2) is 0 Å². The first kappa shape index (κ1) is 25.1. The van der Waals surface area contributed by atoms with Gasteiger partial charge in [-0.3, -0.25) is 9.59 Å².